The second-order valence-corrected chi connectivity index (χ2v) is 3.12. The molecule has 1 heterocycles. The van der Waals surface area contributed by atoms with Gasteiger partial charge in [-0.2, -0.15) is 0 Å². The molecular weight excluding hydrogens is 199 g/mol. The number of carbonyl (C=O) groups excluding carboxylic acids is 1. The molecule has 0 saturated heterocycles. The van der Waals surface area contributed by atoms with Gasteiger partial charge in [0.05, 0.1) is 0 Å². The van der Waals surface area contributed by atoms with Gasteiger partial charge in [0.2, 0.25) is 5.91 Å². The van der Waals surface area contributed by atoms with Crippen molar-refractivity contribution in [1.82, 2.24) is 10.2 Å². The monoisotopic (exact) mass is 214 g/mol. The van der Waals surface area contributed by atoms with E-state index in [1.165, 1.54) is 11.1 Å². The molecule has 0 unspecified atom stereocenters. The molecule has 1 rings (SSSR count). The number of halogens is 1. The molecule has 0 atom stereocenters. The first-order valence-electron chi connectivity index (χ1n) is 4.82. The van der Waals surface area contributed by atoms with Crippen LogP contribution in [0.4, 0.5) is 4.39 Å². The molecule has 0 fully saturated rings. The Morgan fingerprint density at radius 1 is 1.80 bits per heavy atom. The van der Waals surface area contributed by atoms with Crippen LogP contribution in [0, 0.1) is 0 Å². The van der Waals surface area contributed by atoms with E-state index in [1.807, 2.05) is 13.0 Å². The van der Waals surface area contributed by atoms with Gasteiger partial charge in [-0.3, -0.25) is 9.69 Å². The highest BCUT2D eigenvalue weighted by Crippen LogP contribution is 2.08. The maximum absolute atomic E-state index is 12.8. The zero-order chi connectivity index (χ0) is 11.1. The molecule has 0 aromatic rings. The van der Waals surface area contributed by atoms with Gasteiger partial charge in [0.1, 0.15) is 19.2 Å². The summed E-state index contributed by atoms with van der Waals surface area (Å²) in [5, 5.41) is 2.93. The predicted octanol–water partition coefficient (Wildman–Crippen LogP) is 1.13. The quantitative estimate of drug-likeness (QED) is 0.713. The Balaban J connectivity index is 2.30. The third-order valence-electron chi connectivity index (χ3n) is 1.85. The van der Waals surface area contributed by atoms with Gasteiger partial charge in [0, 0.05) is 19.2 Å². The molecular formula is C10H15FN2O2. The summed E-state index contributed by atoms with van der Waals surface area (Å²) in [6.45, 7) is 2.51. The van der Waals surface area contributed by atoms with Gasteiger partial charge >= 0.3 is 0 Å². The summed E-state index contributed by atoms with van der Waals surface area (Å²) in [5.41, 5.74) is 0. The van der Waals surface area contributed by atoms with E-state index in [0.29, 0.717) is 13.0 Å². The van der Waals surface area contributed by atoms with Crippen molar-refractivity contribution in [1.29, 1.82) is 0 Å². The maximum Gasteiger partial charge on any atom is 0.230 e. The van der Waals surface area contributed by atoms with Crippen LogP contribution in [0.1, 0.15) is 13.3 Å². The number of nitrogens with one attached hydrogen (secondary N) is 1. The normalized spacial score (nSPS) is 16.7. The van der Waals surface area contributed by atoms with Gasteiger partial charge in [-0.1, -0.05) is 6.08 Å². The van der Waals surface area contributed by atoms with Crippen molar-refractivity contribution in [3.63, 3.8) is 0 Å². The van der Waals surface area contributed by atoms with E-state index in [4.69, 9.17) is 4.74 Å². The number of amides is 1. The molecule has 0 aromatic carbocycles. The lowest BCUT2D eigenvalue weighted by atomic mass is 10.3. The van der Waals surface area contributed by atoms with Crippen LogP contribution in [0.15, 0.2) is 24.3 Å². The minimum atomic E-state index is -0.420. The van der Waals surface area contributed by atoms with Crippen LogP contribution in [0.2, 0.25) is 0 Å². The Hall–Kier alpha value is -1.36. The fraction of sp³-hybridized carbons (Fsp3) is 0.500. The number of hydrogen-bond donors (Lipinski definition) is 1. The average Bonchev–Trinajstić information content (AvgIpc) is 2.24. The molecule has 0 spiro atoms. The van der Waals surface area contributed by atoms with Crippen molar-refractivity contribution >= 4 is 5.91 Å². The van der Waals surface area contributed by atoms with Crippen molar-refractivity contribution in [3.05, 3.63) is 24.3 Å². The summed E-state index contributed by atoms with van der Waals surface area (Å²) < 4.78 is 17.6. The van der Waals surface area contributed by atoms with Crippen molar-refractivity contribution in [3.8, 4) is 0 Å². The molecule has 1 amide bonds. The first-order chi connectivity index (χ1) is 7.24. The summed E-state index contributed by atoms with van der Waals surface area (Å²) in [5.74, 6) is -0.571. The Morgan fingerprint density at radius 3 is 3.27 bits per heavy atom. The van der Waals surface area contributed by atoms with Crippen LogP contribution in [-0.4, -0.2) is 30.7 Å². The Kier molecular flexibility index (Phi) is 4.83. The summed E-state index contributed by atoms with van der Waals surface area (Å²) in [6, 6.07) is 0. The van der Waals surface area contributed by atoms with Gasteiger partial charge in [0.25, 0.3) is 0 Å². The number of allylic oxidation sites excluding steroid dienone is 1. The maximum atomic E-state index is 12.8. The van der Waals surface area contributed by atoms with Gasteiger partial charge < -0.3 is 10.1 Å². The lowest BCUT2D eigenvalue weighted by molar-refractivity contribution is -0.134. The summed E-state index contributed by atoms with van der Waals surface area (Å²) in [4.78, 5) is 12.7. The van der Waals surface area contributed by atoms with E-state index < -0.39 is 5.83 Å². The number of ether oxygens (including phenoxy) is 1. The smallest absolute Gasteiger partial charge is 0.230 e. The molecule has 0 saturated carbocycles. The minimum Gasteiger partial charge on any atom is -0.391 e. The fourth-order valence-corrected chi connectivity index (χ4v) is 1.15. The van der Waals surface area contributed by atoms with Crippen molar-refractivity contribution in [2.24, 2.45) is 0 Å². The second-order valence-electron chi connectivity index (χ2n) is 3.12. The van der Waals surface area contributed by atoms with E-state index in [1.54, 1.807) is 6.20 Å². The van der Waals surface area contributed by atoms with E-state index in [-0.39, 0.29) is 19.2 Å². The van der Waals surface area contributed by atoms with Gasteiger partial charge in [-0.15, -0.1) is 0 Å². The highest BCUT2D eigenvalue weighted by molar-refractivity contribution is 5.77. The average molecular weight is 214 g/mol. The molecule has 15 heavy (non-hydrogen) atoms. The molecule has 84 valence electrons. The van der Waals surface area contributed by atoms with Crippen LogP contribution >= 0.6 is 0 Å². The fourth-order valence-electron chi connectivity index (χ4n) is 1.15. The van der Waals surface area contributed by atoms with E-state index in [0.717, 1.165) is 0 Å². The molecule has 5 heteroatoms. The van der Waals surface area contributed by atoms with Crippen LogP contribution in [0.25, 0.3) is 0 Å². The number of hydrogen-bond acceptors (Lipinski definition) is 3. The van der Waals surface area contributed by atoms with Gasteiger partial charge in [0.15, 0.2) is 0 Å². The molecule has 1 aliphatic rings. The number of nitrogens with zero attached hydrogens (tertiary/aromatic N) is 1. The van der Waals surface area contributed by atoms with E-state index in [2.05, 4.69) is 5.32 Å². The minimum absolute atomic E-state index is 0.0411. The Bertz CT molecular complexity index is 277. The van der Waals surface area contributed by atoms with Crippen LogP contribution in [-0.2, 0) is 9.53 Å². The molecule has 0 radical (unpaired) electrons. The Labute approximate surface area is 88.4 Å². The number of carbonyl (C=O) groups is 1. The van der Waals surface area contributed by atoms with Crippen LogP contribution in [0.5, 0.6) is 0 Å². The standard InChI is InChI=1S/C10H15FN2O2/c1-2-4-12-5-3-10(14)13-6-9(11)7-15-8-13/h2,4,6,12H,3,5,7-8H2,1H3/b4-2-. The second kappa shape index (κ2) is 6.19. The van der Waals surface area contributed by atoms with Crippen molar-refractivity contribution < 1.29 is 13.9 Å². The number of rotatable bonds is 4. The highest BCUT2D eigenvalue weighted by Gasteiger charge is 2.16. The molecule has 1 aliphatic heterocycles. The first kappa shape index (κ1) is 11.7. The largest absolute Gasteiger partial charge is 0.391 e. The van der Waals surface area contributed by atoms with Crippen LogP contribution < -0.4 is 5.32 Å². The summed E-state index contributed by atoms with van der Waals surface area (Å²) in [6.07, 6.45) is 5.11. The molecule has 4 nitrogen and oxygen atoms in total. The zero-order valence-corrected chi connectivity index (χ0v) is 8.70. The zero-order valence-electron chi connectivity index (χ0n) is 8.70. The highest BCUT2D eigenvalue weighted by atomic mass is 19.1. The molecule has 0 aliphatic carbocycles. The Morgan fingerprint density at radius 2 is 2.60 bits per heavy atom. The van der Waals surface area contributed by atoms with Gasteiger partial charge in [-0.25, -0.2) is 4.39 Å². The van der Waals surface area contributed by atoms with Crippen LogP contribution in [0.3, 0.4) is 0 Å². The topological polar surface area (TPSA) is 41.6 Å². The van der Waals surface area contributed by atoms with E-state index in [9.17, 15) is 9.18 Å². The predicted molar refractivity (Wildman–Crippen MR) is 54.3 cm³/mol. The third kappa shape index (κ3) is 4.12. The summed E-state index contributed by atoms with van der Waals surface area (Å²) in [7, 11) is 0. The lowest BCUT2D eigenvalue weighted by Gasteiger charge is -2.22. The molecule has 1 N–H and O–H groups in total. The third-order valence-corrected chi connectivity index (χ3v) is 1.85. The SMILES string of the molecule is C/C=C\NCCC(=O)N1C=C(F)COC1. The van der Waals surface area contributed by atoms with E-state index >= 15 is 0 Å². The van der Waals surface area contributed by atoms with Crippen molar-refractivity contribution in [2.75, 3.05) is 19.9 Å². The van der Waals surface area contributed by atoms with Crippen molar-refractivity contribution in [2.45, 2.75) is 13.3 Å². The molecule has 0 bridgehead atoms. The summed E-state index contributed by atoms with van der Waals surface area (Å²) >= 11 is 0. The lowest BCUT2D eigenvalue weighted by Crippen LogP contribution is -2.33. The molecule has 0 aromatic heterocycles. The first-order valence-corrected chi connectivity index (χ1v) is 4.82. The van der Waals surface area contributed by atoms with Gasteiger partial charge in [-0.05, 0) is 13.1 Å².